The Bertz CT molecular complexity index is 621. The Morgan fingerprint density at radius 1 is 1.44 bits per heavy atom. The zero-order valence-corrected chi connectivity index (χ0v) is 10.0. The molecule has 18 heavy (non-hydrogen) atoms. The Hall–Kier alpha value is -2.28. The highest BCUT2D eigenvalue weighted by molar-refractivity contribution is 5.56. The van der Waals surface area contributed by atoms with Crippen LogP contribution in [0.5, 0.6) is 0 Å². The molecule has 1 aromatic carbocycles. The molecule has 0 aliphatic carbocycles. The van der Waals surface area contributed by atoms with Crippen molar-refractivity contribution in [3.8, 4) is 6.07 Å². The SMILES string of the molecule is N#Cc1ccc(C2CCCc3cncn32)cc1N. The predicted molar refractivity (Wildman–Crippen MR) is 68.9 cm³/mol. The van der Waals surface area contributed by atoms with Crippen LogP contribution in [-0.4, -0.2) is 9.55 Å². The fourth-order valence-corrected chi connectivity index (χ4v) is 2.64. The first-order chi connectivity index (χ1) is 8.79. The number of nitrogens with two attached hydrogens (primary N) is 1. The van der Waals surface area contributed by atoms with Crippen molar-refractivity contribution in [3.05, 3.63) is 47.5 Å². The minimum absolute atomic E-state index is 0.297. The Labute approximate surface area is 106 Å². The quantitative estimate of drug-likeness (QED) is 0.775. The maximum absolute atomic E-state index is 8.90. The van der Waals surface area contributed by atoms with Crippen molar-refractivity contribution < 1.29 is 0 Å². The molecule has 1 aromatic heterocycles. The number of imidazole rings is 1. The van der Waals surface area contributed by atoms with Crippen LogP contribution >= 0.6 is 0 Å². The number of nitrogens with zero attached hydrogens (tertiary/aromatic N) is 3. The van der Waals surface area contributed by atoms with Gasteiger partial charge in [0.2, 0.25) is 0 Å². The summed E-state index contributed by atoms with van der Waals surface area (Å²) in [6.07, 6.45) is 7.15. The van der Waals surface area contributed by atoms with Gasteiger partial charge in [0, 0.05) is 17.6 Å². The Kier molecular flexibility index (Phi) is 2.52. The second-order valence-corrected chi connectivity index (χ2v) is 4.66. The van der Waals surface area contributed by atoms with E-state index in [1.165, 1.54) is 5.69 Å². The standard InChI is InChI=1S/C14H14N4/c15-7-11-5-4-10(6-13(11)16)14-3-1-2-12-8-17-9-18(12)14/h4-6,8-9,14H,1-3,16H2. The van der Waals surface area contributed by atoms with Crippen LogP contribution in [0.15, 0.2) is 30.7 Å². The lowest BCUT2D eigenvalue weighted by Gasteiger charge is -2.26. The average molecular weight is 238 g/mol. The van der Waals surface area contributed by atoms with Crippen molar-refractivity contribution >= 4 is 5.69 Å². The van der Waals surface area contributed by atoms with Crippen LogP contribution in [0.2, 0.25) is 0 Å². The van der Waals surface area contributed by atoms with Gasteiger partial charge in [-0.05, 0) is 37.0 Å². The fraction of sp³-hybridized carbons (Fsp3) is 0.286. The molecule has 4 nitrogen and oxygen atoms in total. The van der Waals surface area contributed by atoms with Crippen molar-refractivity contribution in [3.63, 3.8) is 0 Å². The summed E-state index contributed by atoms with van der Waals surface area (Å²) in [5.41, 5.74) is 9.42. The third-order valence-corrected chi connectivity index (χ3v) is 3.57. The van der Waals surface area contributed by atoms with E-state index >= 15 is 0 Å². The van der Waals surface area contributed by atoms with Crippen LogP contribution < -0.4 is 5.73 Å². The van der Waals surface area contributed by atoms with E-state index in [0.29, 0.717) is 17.3 Å². The lowest BCUT2D eigenvalue weighted by molar-refractivity contribution is 0.458. The molecule has 1 aliphatic heterocycles. The Morgan fingerprint density at radius 3 is 3.11 bits per heavy atom. The zero-order valence-electron chi connectivity index (χ0n) is 10.0. The monoisotopic (exact) mass is 238 g/mol. The van der Waals surface area contributed by atoms with Gasteiger partial charge in [0.1, 0.15) is 6.07 Å². The van der Waals surface area contributed by atoms with E-state index in [1.54, 1.807) is 6.07 Å². The summed E-state index contributed by atoms with van der Waals surface area (Å²) >= 11 is 0. The Morgan fingerprint density at radius 2 is 2.33 bits per heavy atom. The molecule has 1 unspecified atom stereocenters. The molecule has 0 bridgehead atoms. The molecule has 1 aliphatic rings. The molecule has 2 N–H and O–H groups in total. The molecule has 1 atom stereocenters. The first-order valence-electron chi connectivity index (χ1n) is 6.10. The number of fused-ring (bicyclic) bond motifs is 1. The van der Waals surface area contributed by atoms with E-state index < -0.39 is 0 Å². The second kappa shape index (κ2) is 4.19. The number of benzene rings is 1. The molecule has 3 rings (SSSR count). The number of aromatic nitrogens is 2. The minimum Gasteiger partial charge on any atom is -0.398 e. The number of hydrogen-bond acceptors (Lipinski definition) is 3. The van der Waals surface area contributed by atoms with E-state index in [2.05, 4.69) is 15.6 Å². The van der Waals surface area contributed by atoms with Crippen molar-refractivity contribution in [2.24, 2.45) is 0 Å². The molecular formula is C14H14N4. The van der Waals surface area contributed by atoms with E-state index in [0.717, 1.165) is 24.8 Å². The van der Waals surface area contributed by atoms with Gasteiger partial charge in [-0.2, -0.15) is 5.26 Å². The van der Waals surface area contributed by atoms with Crippen molar-refractivity contribution in [2.45, 2.75) is 25.3 Å². The highest BCUT2D eigenvalue weighted by atomic mass is 15.1. The van der Waals surface area contributed by atoms with E-state index in [1.807, 2.05) is 24.7 Å². The normalized spacial score (nSPS) is 18.1. The van der Waals surface area contributed by atoms with Gasteiger partial charge in [0.05, 0.1) is 17.9 Å². The van der Waals surface area contributed by atoms with E-state index in [-0.39, 0.29) is 0 Å². The number of nitrogen functional groups attached to an aromatic ring is 1. The maximum Gasteiger partial charge on any atom is 0.101 e. The number of aryl methyl sites for hydroxylation is 1. The van der Waals surface area contributed by atoms with E-state index in [9.17, 15) is 0 Å². The lowest BCUT2D eigenvalue weighted by atomic mass is 9.95. The molecule has 0 saturated carbocycles. The smallest absolute Gasteiger partial charge is 0.101 e. The van der Waals surface area contributed by atoms with Crippen molar-refractivity contribution in [1.82, 2.24) is 9.55 Å². The molecular weight excluding hydrogens is 224 g/mol. The van der Waals surface area contributed by atoms with Crippen molar-refractivity contribution in [1.29, 1.82) is 5.26 Å². The zero-order chi connectivity index (χ0) is 12.5. The summed E-state index contributed by atoms with van der Waals surface area (Å²) in [5.74, 6) is 0. The summed E-state index contributed by atoms with van der Waals surface area (Å²) in [6, 6.07) is 8.10. The van der Waals surface area contributed by atoms with Crippen LogP contribution in [0.1, 0.15) is 35.7 Å². The number of rotatable bonds is 1. The maximum atomic E-state index is 8.90. The largest absolute Gasteiger partial charge is 0.398 e. The second-order valence-electron chi connectivity index (χ2n) is 4.66. The van der Waals surface area contributed by atoms with Gasteiger partial charge in [-0.15, -0.1) is 0 Å². The summed E-state index contributed by atoms with van der Waals surface area (Å²) in [4.78, 5) is 4.22. The van der Waals surface area contributed by atoms with E-state index in [4.69, 9.17) is 11.0 Å². The lowest BCUT2D eigenvalue weighted by Crippen LogP contribution is -2.17. The summed E-state index contributed by atoms with van der Waals surface area (Å²) < 4.78 is 2.21. The van der Waals surface area contributed by atoms with Crippen LogP contribution in [0, 0.1) is 11.3 Å². The highest BCUT2D eigenvalue weighted by Crippen LogP contribution is 2.31. The first kappa shape index (κ1) is 10.8. The van der Waals surface area contributed by atoms with Gasteiger partial charge in [0.25, 0.3) is 0 Å². The summed E-state index contributed by atoms with van der Waals surface area (Å²) in [6.45, 7) is 0. The molecule has 2 aromatic rings. The van der Waals surface area contributed by atoms with Gasteiger partial charge < -0.3 is 10.3 Å². The summed E-state index contributed by atoms with van der Waals surface area (Å²) in [5, 5.41) is 8.90. The van der Waals surface area contributed by atoms with Gasteiger partial charge in [-0.3, -0.25) is 0 Å². The average Bonchev–Trinajstić information content (AvgIpc) is 2.86. The van der Waals surface area contributed by atoms with Gasteiger partial charge in [0.15, 0.2) is 0 Å². The topological polar surface area (TPSA) is 67.6 Å². The van der Waals surface area contributed by atoms with Crippen molar-refractivity contribution in [2.75, 3.05) is 5.73 Å². The highest BCUT2D eigenvalue weighted by Gasteiger charge is 2.21. The van der Waals surface area contributed by atoms with Gasteiger partial charge in [-0.25, -0.2) is 4.98 Å². The van der Waals surface area contributed by atoms with Crippen LogP contribution in [-0.2, 0) is 6.42 Å². The minimum atomic E-state index is 0.297. The van der Waals surface area contributed by atoms with Crippen LogP contribution in [0.4, 0.5) is 5.69 Å². The summed E-state index contributed by atoms with van der Waals surface area (Å²) in [7, 11) is 0. The molecule has 4 heteroatoms. The molecule has 2 heterocycles. The van der Waals surface area contributed by atoms with Crippen LogP contribution in [0.25, 0.3) is 0 Å². The first-order valence-corrected chi connectivity index (χ1v) is 6.10. The van der Waals surface area contributed by atoms with Gasteiger partial charge in [-0.1, -0.05) is 6.07 Å². The Balaban J connectivity index is 2.03. The van der Waals surface area contributed by atoms with Crippen LogP contribution in [0.3, 0.4) is 0 Å². The number of hydrogen-bond donors (Lipinski definition) is 1. The molecule has 0 radical (unpaired) electrons. The molecule has 0 amide bonds. The number of nitriles is 1. The third kappa shape index (κ3) is 1.65. The molecule has 0 fully saturated rings. The molecule has 90 valence electrons. The van der Waals surface area contributed by atoms with Gasteiger partial charge >= 0.3 is 0 Å². The molecule has 0 spiro atoms. The molecule has 0 saturated heterocycles. The predicted octanol–water partition coefficient (Wildman–Crippen LogP) is 2.26. The fourth-order valence-electron chi connectivity index (χ4n) is 2.64. The number of anilines is 1. The third-order valence-electron chi connectivity index (χ3n) is 3.57.